The highest BCUT2D eigenvalue weighted by Gasteiger charge is 2.19. The number of hydrogen-bond donors (Lipinski definition) is 2. The van der Waals surface area contributed by atoms with Crippen LogP contribution in [-0.4, -0.2) is 34.4 Å². The third-order valence-electron chi connectivity index (χ3n) is 3.03. The Morgan fingerprint density at radius 3 is 2.65 bits per heavy atom. The Morgan fingerprint density at radius 1 is 1.50 bits per heavy atom. The lowest BCUT2D eigenvalue weighted by Gasteiger charge is -2.26. The molecule has 1 aromatic rings. The van der Waals surface area contributed by atoms with Crippen molar-refractivity contribution in [1.82, 2.24) is 4.90 Å². The Bertz CT molecular complexity index is 515. The molecule has 0 saturated carbocycles. The van der Waals surface area contributed by atoms with Crippen molar-refractivity contribution in [2.45, 2.75) is 33.2 Å². The van der Waals surface area contributed by atoms with Crippen LogP contribution in [0.2, 0.25) is 0 Å². The molecule has 0 radical (unpaired) electrons. The number of carbonyl (C=O) groups is 1. The van der Waals surface area contributed by atoms with E-state index in [1.54, 1.807) is 11.8 Å². The molecule has 0 saturated heterocycles. The first kappa shape index (κ1) is 15.9. The van der Waals surface area contributed by atoms with Gasteiger partial charge in [-0.05, 0) is 44.5 Å². The lowest BCUT2D eigenvalue weighted by molar-refractivity contribution is 0.0711. The fourth-order valence-corrected chi connectivity index (χ4v) is 1.82. The molecule has 110 valence electrons. The van der Waals surface area contributed by atoms with Crippen molar-refractivity contribution in [3.63, 3.8) is 0 Å². The number of hydrogen-bond acceptors (Lipinski definition) is 3. The van der Waals surface area contributed by atoms with E-state index in [4.69, 9.17) is 10.9 Å². The maximum Gasteiger partial charge on any atom is 0.254 e. The first-order chi connectivity index (χ1) is 9.36. The molecule has 0 aliphatic carbocycles. The second-order valence-corrected chi connectivity index (χ2v) is 4.90. The highest BCUT2D eigenvalue weighted by Crippen LogP contribution is 2.13. The second kappa shape index (κ2) is 6.88. The van der Waals surface area contributed by atoms with Gasteiger partial charge in [-0.2, -0.15) is 0 Å². The molecule has 1 amide bonds. The summed E-state index contributed by atoms with van der Waals surface area (Å²) >= 11 is 0. The zero-order valence-corrected chi connectivity index (χ0v) is 11.9. The molecule has 0 unspecified atom stereocenters. The summed E-state index contributed by atoms with van der Waals surface area (Å²) < 4.78 is 13.2. The van der Waals surface area contributed by atoms with E-state index in [2.05, 4.69) is 5.16 Å². The maximum absolute atomic E-state index is 13.2. The molecule has 0 aromatic heterocycles. The van der Waals surface area contributed by atoms with Crippen LogP contribution in [-0.2, 0) is 0 Å². The number of halogens is 1. The Hall–Kier alpha value is -2.11. The standard InChI is InChI=1S/C14H20FN3O2/c1-9(2)18(7-6-13(16)17-20)14(19)11-4-5-12(15)10(3)8-11/h4-5,8-9,20H,6-7H2,1-3H3,(H2,16,17). The Balaban J connectivity index is 2.90. The molecule has 0 spiro atoms. The quantitative estimate of drug-likeness (QED) is 0.375. The van der Waals surface area contributed by atoms with E-state index in [0.29, 0.717) is 17.7 Å². The van der Waals surface area contributed by atoms with Crippen LogP contribution in [0.1, 0.15) is 36.2 Å². The van der Waals surface area contributed by atoms with Crippen LogP contribution >= 0.6 is 0 Å². The Morgan fingerprint density at radius 2 is 2.15 bits per heavy atom. The van der Waals surface area contributed by atoms with Crippen LogP contribution in [0.3, 0.4) is 0 Å². The van der Waals surface area contributed by atoms with Crippen molar-refractivity contribution >= 4 is 11.7 Å². The monoisotopic (exact) mass is 281 g/mol. The minimum absolute atomic E-state index is 0.0423. The fourth-order valence-electron chi connectivity index (χ4n) is 1.82. The van der Waals surface area contributed by atoms with Crippen molar-refractivity contribution in [2.24, 2.45) is 10.9 Å². The van der Waals surface area contributed by atoms with Crippen molar-refractivity contribution in [2.75, 3.05) is 6.54 Å². The number of nitrogens with two attached hydrogens (primary N) is 1. The number of rotatable bonds is 5. The highest BCUT2D eigenvalue weighted by molar-refractivity contribution is 5.95. The average Bonchev–Trinajstić information content (AvgIpc) is 2.41. The highest BCUT2D eigenvalue weighted by atomic mass is 19.1. The van der Waals surface area contributed by atoms with Gasteiger partial charge in [-0.25, -0.2) is 4.39 Å². The number of amidine groups is 1. The van der Waals surface area contributed by atoms with Gasteiger partial charge in [-0.3, -0.25) is 4.79 Å². The molecular weight excluding hydrogens is 261 g/mol. The van der Waals surface area contributed by atoms with Gasteiger partial charge in [-0.1, -0.05) is 5.16 Å². The fraction of sp³-hybridized carbons (Fsp3) is 0.429. The van der Waals surface area contributed by atoms with Gasteiger partial charge < -0.3 is 15.8 Å². The van der Waals surface area contributed by atoms with Crippen LogP contribution in [0.25, 0.3) is 0 Å². The molecule has 0 atom stereocenters. The largest absolute Gasteiger partial charge is 0.409 e. The van der Waals surface area contributed by atoms with Gasteiger partial charge in [0.1, 0.15) is 11.7 Å². The van der Waals surface area contributed by atoms with E-state index >= 15 is 0 Å². The van der Waals surface area contributed by atoms with Crippen LogP contribution in [0.5, 0.6) is 0 Å². The zero-order valence-electron chi connectivity index (χ0n) is 11.9. The van der Waals surface area contributed by atoms with E-state index in [9.17, 15) is 9.18 Å². The summed E-state index contributed by atoms with van der Waals surface area (Å²) in [6.45, 7) is 5.70. The summed E-state index contributed by atoms with van der Waals surface area (Å²) in [5.41, 5.74) is 6.27. The topological polar surface area (TPSA) is 78.9 Å². The van der Waals surface area contributed by atoms with Crippen molar-refractivity contribution < 1.29 is 14.4 Å². The summed E-state index contributed by atoms with van der Waals surface area (Å²) in [5.74, 6) is -0.470. The van der Waals surface area contributed by atoms with Gasteiger partial charge in [-0.15, -0.1) is 0 Å². The van der Waals surface area contributed by atoms with Crippen molar-refractivity contribution in [3.05, 3.63) is 35.1 Å². The molecule has 0 aliphatic heterocycles. The molecule has 1 aromatic carbocycles. The Labute approximate surface area is 117 Å². The van der Waals surface area contributed by atoms with Gasteiger partial charge >= 0.3 is 0 Å². The van der Waals surface area contributed by atoms with E-state index < -0.39 is 0 Å². The smallest absolute Gasteiger partial charge is 0.254 e. The zero-order chi connectivity index (χ0) is 15.3. The van der Waals surface area contributed by atoms with Crippen LogP contribution < -0.4 is 5.73 Å². The number of nitrogens with zero attached hydrogens (tertiary/aromatic N) is 2. The normalized spacial score (nSPS) is 11.8. The lowest BCUT2D eigenvalue weighted by Crippen LogP contribution is -2.39. The van der Waals surface area contributed by atoms with E-state index in [1.807, 2.05) is 13.8 Å². The maximum atomic E-state index is 13.2. The molecule has 0 heterocycles. The van der Waals surface area contributed by atoms with Crippen molar-refractivity contribution in [3.8, 4) is 0 Å². The number of carbonyl (C=O) groups excluding carboxylic acids is 1. The van der Waals surface area contributed by atoms with E-state index in [0.717, 1.165) is 0 Å². The van der Waals surface area contributed by atoms with Gasteiger partial charge in [0, 0.05) is 24.6 Å². The summed E-state index contributed by atoms with van der Waals surface area (Å²) in [7, 11) is 0. The van der Waals surface area contributed by atoms with E-state index in [-0.39, 0.29) is 30.0 Å². The molecule has 0 fully saturated rings. The van der Waals surface area contributed by atoms with Crippen LogP contribution in [0.4, 0.5) is 4.39 Å². The third kappa shape index (κ3) is 3.94. The van der Waals surface area contributed by atoms with E-state index in [1.165, 1.54) is 18.2 Å². The predicted molar refractivity (Wildman–Crippen MR) is 75.3 cm³/mol. The molecule has 20 heavy (non-hydrogen) atoms. The first-order valence-electron chi connectivity index (χ1n) is 6.40. The summed E-state index contributed by atoms with van der Waals surface area (Å²) in [6.07, 6.45) is 0.278. The Kier molecular flexibility index (Phi) is 5.49. The molecular formula is C14H20FN3O2. The summed E-state index contributed by atoms with van der Waals surface area (Å²) in [5, 5.41) is 11.4. The molecule has 3 N–H and O–H groups in total. The number of oxime groups is 1. The van der Waals surface area contributed by atoms with Crippen molar-refractivity contribution in [1.29, 1.82) is 0 Å². The molecule has 5 nitrogen and oxygen atoms in total. The number of aryl methyl sites for hydroxylation is 1. The van der Waals surface area contributed by atoms with Gasteiger partial charge in [0.2, 0.25) is 0 Å². The second-order valence-electron chi connectivity index (χ2n) is 4.90. The number of amides is 1. The lowest BCUT2D eigenvalue weighted by atomic mass is 10.1. The van der Waals surface area contributed by atoms with Crippen LogP contribution in [0, 0.1) is 12.7 Å². The van der Waals surface area contributed by atoms with Gasteiger partial charge in [0.05, 0.1) is 0 Å². The first-order valence-corrected chi connectivity index (χ1v) is 6.40. The molecule has 0 aliphatic rings. The summed E-state index contributed by atoms with van der Waals surface area (Å²) in [6, 6.07) is 4.23. The minimum atomic E-state index is -0.339. The average molecular weight is 281 g/mol. The molecule has 1 rings (SSSR count). The predicted octanol–water partition coefficient (Wildman–Crippen LogP) is 2.12. The van der Waals surface area contributed by atoms with Gasteiger partial charge in [0.15, 0.2) is 0 Å². The SMILES string of the molecule is Cc1cc(C(=O)N(CCC(N)=NO)C(C)C)ccc1F. The molecule has 6 heteroatoms. The summed E-state index contributed by atoms with van der Waals surface area (Å²) in [4.78, 5) is 14.0. The third-order valence-corrected chi connectivity index (χ3v) is 3.03. The number of benzene rings is 1. The van der Waals surface area contributed by atoms with Crippen LogP contribution in [0.15, 0.2) is 23.4 Å². The molecule has 0 bridgehead atoms. The van der Waals surface area contributed by atoms with Gasteiger partial charge in [0.25, 0.3) is 5.91 Å². The minimum Gasteiger partial charge on any atom is -0.409 e.